The van der Waals surface area contributed by atoms with Crippen molar-refractivity contribution in [2.75, 3.05) is 0 Å². The van der Waals surface area contributed by atoms with E-state index in [2.05, 4.69) is 9.97 Å². The maximum absolute atomic E-state index is 11.0. The number of carbonyl (C=O) groups is 1. The molecule has 20 heavy (non-hydrogen) atoms. The van der Waals surface area contributed by atoms with E-state index in [-0.39, 0.29) is 28.0 Å². The number of ether oxygens (including phenoxy) is 1. The highest BCUT2D eigenvalue weighted by molar-refractivity contribution is 6.31. The van der Waals surface area contributed by atoms with Gasteiger partial charge in [-0.1, -0.05) is 11.6 Å². The Balaban J connectivity index is 2.30. The van der Waals surface area contributed by atoms with Crippen LogP contribution in [0.3, 0.4) is 0 Å². The monoisotopic (exact) mass is 295 g/mol. The number of halogens is 1. The molecule has 1 heterocycles. The molecule has 0 fully saturated rings. The minimum absolute atomic E-state index is 0.0178. The molecule has 0 saturated heterocycles. The van der Waals surface area contributed by atoms with Crippen molar-refractivity contribution in [1.29, 1.82) is 0 Å². The number of benzene rings is 1. The molecular formula is C11H6ClN3O5. The van der Waals surface area contributed by atoms with E-state index in [1.807, 2.05) is 0 Å². The van der Waals surface area contributed by atoms with Crippen LogP contribution in [0.15, 0.2) is 30.6 Å². The van der Waals surface area contributed by atoms with E-state index in [0.717, 1.165) is 12.4 Å². The smallest absolute Gasteiger partial charge is 0.339 e. The zero-order valence-electron chi connectivity index (χ0n) is 9.69. The molecule has 0 bridgehead atoms. The first-order valence-corrected chi connectivity index (χ1v) is 5.52. The molecule has 0 aliphatic carbocycles. The van der Waals surface area contributed by atoms with Crippen LogP contribution >= 0.6 is 11.6 Å². The lowest BCUT2D eigenvalue weighted by molar-refractivity contribution is -0.385. The average Bonchev–Trinajstić information content (AvgIpc) is 2.41. The number of carboxylic acids is 1. The summed E-state index contributed by atoms with van der Waals surface area (Å²) in [6.07, 6.45) is 1.91. The second-order valence-corrected chi connectivity index (χ2v) is 3.97. The third kappa shape index (κ3) is 2.98. The Hall–Kier alpha value is -2.74. The molecule has 0 aliphatic rings. The Morgan fingerprint density at radius 1 is 1.35 bits per heavy atom. The van der Waals surface area contributed by atoms with Gasteiger partial charge in [0.2, 0.25) is 0 Å². The van der Waals surface area contributed by atoms with Crippen LogP contribution in [0, 0.1) is 10.1 Å². The molecular weight excluding hydrogens is 290 g/mol. The van der Waals surface area contributed by atoms with Gasteiger partial charge in [0, 0.05) is 5.02 Å². The molecule has 2 rings (SSSR count). The maximum Gasteiger partial charge on any atom is 0.339 e. The summed E-state index contributed by atoms with van der Waals surface area (Å²) in [6.45, 7) is 0. The first-order chi connectivity index (χ1) is 9.47. The molecule has 1 N–H and O–H groups in total. The number of hydrogen-bond acceptors (Lipinski definition) is 6. The predicted molar refractivity (Wildman–Crippen MR) is 67.2 cm³/mol. The molecule has 0 aliphatic heterocycles. The summed E-state index contributed by atoms with van der Waals surface area (Å²) in [6, 6.07) is 3.79. The molecule has 2 aromatic rings. The molecule has 0 saturated carbocycles. The Kier molecular flexibility index (Phi) is 3.76. The van der Waals surface area contributed by atoms with Crippen LogP contribution < -0.4 is 4.74 Å². The second-order valence-electron chi connectivity index (χ2n) is 3.53. The van der Waals surface area contributed by atoms with Crippen molar-refractivity contribution in [2.24, 2.45) is 0 Å². The molecule has 0 radical (unpaired) electrons. The first kappa shape index (κ1) is 13.7. The van der Waals surface area contributed by atoms with Gasteiger partial charge in [-0.05, 0) is 18.2 Å². The first-order valence-electron chi connectivity index (χ1n) is 5.14. The normalized spacial score (nSPS) is 10.1. The highest BCUT2D eigenvalue weighted by Gasteiger charge is 2.14. The largest absolute Gasteiger partial charge is 0.478 e. The van der Waals surface area contributed by atoms with Gasteiger partial charge in [0.05, 0.1) is 4.92 Å². The highest BCUT2D eigenvalue weighted by Crippen LogP contribution is 2.26. The van der Waals surface area contributed by atoms with Crippen LogP contribution in [0.4, 0.5) is 5.69 Å². The molecule has 1 aromatic heterocycles. The summed E-state index contributed by atoms with van der Waals surface area (Å²) in [5.41, 5.74) is -0.466. The number of carboxylic acid groups (broad SMARTS) is 1. The molecule has 1 aromatic carbocycles. The Morgan fingerprint density at radius 2 is 2.00 bits per heavy atom. The van der Waals surface area contributed by atoms with Crippen LogP contribution in [0.1, 0.15) is 10.4 Å². The fraction of sp³-hybridized carbons (Fsp3) is 0. The number of rotatable bonds is 4. The van der Waals surface area contributed by atoms with Crippen molar-refractivity contribution in [3.8, 4) is 11.8 Å². The third-order valence-electron chi connectivity index (χ3n) is 2.20. The van der Waals surface area contributed by atoms with E-state index in [0.29, 0.717) is 0 Å². The number of hydrogen-bond donors (Lipinski definition) is 1. The zero-order valence-corrected chi connectivity index (χ0v) is 10.4. The lowest BCUT2D eigenvalue weighted by Crippen LogP contribution is -2.01. The van der Waals surface area contributed by atoms with E-state index < -0.39 is 10.9 Å². The fourth-order valence-electron chi connectivity index (χ4n) is 1.31. The average molecular weight is 296 g/mol. The molecule has 0 atom stereocenters. The van der Waals surface area contributed by atoms with Crippen molar-refractivity contribution >= 4 is 23.3 Å². The lowest BCUT2D eigenvalue weighted by atomic mass is 10.2. The zero-order chi connectivity index (χ0) is 14.7. The molecule has 0 unspecified atom stereocenters. The van der Waals surface area contributed by atoms with Gasteiger partial charge in [-0.25, -0.2) is 4.79 Å². The summed E-state index contributed by atoms with van der Waals surface area (Å²) < 4.78 is 5.18. The van der Waals surface area contributed by atoms with E-state index >= 15 is 0 Å². The van der Waals surface area contributed by atoms with Gasteiger partial charge in [0.1, 0.15) is 23.7 Å². The predicted octanol–water partition coefficient (Wildman–Crippen LogP) is 2.53. The van der Waals surface area contributed by atoms with E-state index in [9.17, 15) is 14.9 Å². The van der Waals surface area contributed by atoms with Gasteiger partial charge in [-0.2, -0.15) is 9.97 Å². The number of nitro groups is 1. The van der Waals surface area contributed by atoms with Crippen molar-refractivity contribution in [3.05, 3.63) is 51.3 Å². The second kappa shape index (κ2) is 5.49. The summed E-state index contributed by atoms with van der Waals surface area (Å²) >= 11 is 5.69. The standard InChI is InChI=1S/C11H6ClN3O5/c12-6-1-2-9(8(3-6)10(16)17)20-11-13-4-7(5-14-11)15(18)19/h1-5H,(H,16,17). The van der Waals surface area contributed by atoms with Crippen LogP contribution in [0.5, 0.6) is 11.8 Å². The van der Waals surface area contributed by atoms with Crippen LogP contribution in [-0.4, -0.2) is 26.0 Å². The number of nitrogens with zero attached hydrogens (tertiary/aromatic N) is 3. The summed E-state index contributed by atoms with van der Waals surface area (Å²) in [5, 5.41) is 19.7. The van der Waals surface area contributed by atoms with Crippen LogP contribution in [-0.2, 0) is 0 Å². The SMILES string of the molecule is O=C(O)c1cc(Cl)ccc1Oc1ncc([N+](=O)[O-])cn1. The Morgan fingerprint density at radius 3 is 2.55 bits per heavy atom. The van der Waals surface area contributed by atoms with Gasteiger partial charge in [-0.3, -0.25) is 10.1 Å². The van der Waals surface area contributed by atoms with Gasteiger partial charge >= 0.3 is 17.7 Å². The maximum atomic E-state index is 11.0. The number of aromatic nitrogens is 2. The van der Waals surface area contributed by atoms with Gasteiger partial charge in [0.25, 0.3) is 0 Å². The third-order valence-corrected chi connectivity index (χ3v) is 2.43. The van der Waals surface area contributed by atoms with E-state index in [1.165, 1.54) is 18.2 Å². The van der Waals surface area contributed by atoms with E-state index in [4.69, 9.17) is 21.4 Å². The van der Waals surface area contributed by atoms with Crippen molar-refractivity contribution < 1.29 is 19.6 Å². The summed E-state index contributed by atoms with van der Waals surface area (Å²) in [7, 11) is 0. The van der Waals surface area contributed by atoms with Crippen LogP contribution in [0.2, 0.25) is 5.02 Å². The van der Waals surface area contributed by atoms with Gasteiger partial charge < -0.3 is 9.84 Å². The van der Waals surface area contributed by atoms with Gasteiger partial charge in [-0.15, -0.1) is 0 Å². The lowest BCUT2D eigenvalue weighted by Gasteiger charge is -2.06. The Bertz CT molecular complexity index is 674. The number of aromatic carboxylic acids is 1. The van der Waals surface area contributed by atoms with Crippen molar-refractivity contribution in [3.63, 3.8) is 0 Å². The topological polar surface area (TPSA) is 115 Å². The molecule has 0 spiro atoms. The fourth-order valence-corrected chi connectivity index (χ4v) is 1.49. The molecule has 8 nitrogen and oxygen atoms in total. The quantitative estimate of drug-likeness (QED) is 0.680. The molecule has 102 valence electrons. The summed E-state index contributed by atoms with van der Waals surface area (Å²) in [5.74, 6) is -1.25. The van der Waals surface area contributed by atoms with Crippen molar-refractivity contribution in [1.82, 2.24) is 9.97 Å². The Labute approximate surface area is 116 Å². The van der Waals surface area contributed by atoms with Gasteiger partial charge in [0.15, 0.2) is 0 Å². The molecule has 0 amide bonds. The van der Waals surface area contributed by atoms with E-state index in [1.54, 1.807) is 0 Å². The van der Waals surface area contributed by atoms with Crippen molar-refractivity contribution in [2.45, 2.75) is 0 Å². The minimum Gasteiger partial charge on any atom is -0.478 e. The molecule has 9 heteroatoms. The summed E-state index contributed by atoms with van der Waals surface area (Å²) in [4.78, 5) is 28.1. The van der Waals surface area contributed by atoms with Crippen LogP contribution in [0.25, 0.3) is 0 Å². The minimum atomic E-state index is -1.23. The highest BCUT2D eigenvalue weighted by atomic mass is 35.5.